The first-order chi connectivity index (χ1) is 18.8. The number of ether oxygens (including phenoxy) is 4. The third-order valence-corrected chi connectivity index (χ3v) is 6.29. The summed E-state index contributed by atoms with van der Waals surface area (Å²) in [4.78, 5) is 17.6. The zero-order valence-electron chi connectivity index (χ0n) is 22.9. The van der Waals surface area contributed by atoms with E-state index in [-0.39, 0.29) is 5.88 Å². The van der Waals surface area contributed by atoms with Crippen LogP contribution in [0.15, 0.2) is 12.1 Å². The van der Waals surface area contributed by atoms with Crippen LogP contribution in [-0.2, 0) is 0 Å². The van der Waals surface area contributed by atoms with E-state index >= 15 is 0 Å². The number of hydrogen-bond acceptors (Lipinski definition) is 12. The summed E-state index contributed by atoms with van der Waals surface area (Å²) in [6.45, 7) is 7.81. The molecule has 0 aliphatic rings. The third-order valence-electron chi connectivity index (χ3n) is 6.29. The minimum Gasteiger partial charge on any atom is -0.477 e. The molecule has 0 amide bonds. The lowest BCUT2D eigenvalue weighted by molar-refractivity contribution is 0.334. The second-order valence-electron chi connectivity index (χ2n) is 8.45. The van der Waals surface area contributed by atoms with Gasteiger partial charge in [-0.2, -0.15) is 10.5 Å². The van der Waals surface area contributed by atoms with Gasteiger partial charge in [0.2, 0.25) is 5.82 Å². The summed E-state index contributed by atoms with van der Waals surface area (Å²) in [6, 6.07) is 6.01. The van der Waals surface area contributed by atoms with Crippen molar-refractivity contribution in [3.05, 3.63) is 39.9 Å². The largest absolute Gasteiger partial charge is 0.477 e. The van der Waals surface area contributed by atoms with E-state index in [9.17, 15) is 5.26 Å². The van der Waals surface area contributed by atoms with E-state index in [0.29, 0.717) is 51.1 Å². The van der Waals surface area contributed by atoms with Crippen molar-refractivity contribution >= 4 is 22.1 Å². The molecule has 13 heteroatoms. The predicted molar refractivity (Wildman–Crippen MR) is 142 cm³/mol. The van der Waals surface area contributed by atoms with Crippen LogP contribution in [0, 0.1) is 39.0 Å². The van der Waals surface area contributed by atoms with Gasteiger partial charge in [0, 0.05) is 0 Å². The van der Waals surface area contributed by atoms with Crippen LogP contribution in [0.25, 0.3) is 33.5 Å². The highest BCUT2D eigenvalue weighted by molar-refractivity contribution is 5.93. The Morgan fingerprint density at radius 1 is 0.692 bits per heavy atom. The van der Waals surface area contributed by atoms with Gasteiger partial charge < -0.3 is 18.9 Å². The van der Waals surface area contributed by atoms with E-state index in [2.05, 4.69) is 46.6 Å². The van der Waals surface area contributed by atoms with Gasteiger partial charge in [-0.3, -0.25) is 0 Å². The number of rotatable bonds is 5. The number of benzene rings is 2. The van der Waals surface area contributed by atoms with Crippen molar-refractivity contribution in [3.8, 4) is 41.0 Å². The summed E-state index contributed by atoms with van der Waals surface area (Å²) in [6.07, 6.45) is 0. The Labute approximate surface area is 224 Å². The van der Waals surface area contributed by atoms with Crippen molar-refractivity contribution < 1.29 is 18.9 Å². The zero-order chi connectivity index (χ0) is 28.3. The van der Waals surface area contributed by atoms with Gasteiger partial charge in [0.15, 0.2) is 0 Å². The molecule has 0 saturated carbocycles. The number of hydrogen-bond donors (Lipinski definition) is 1. The maximum Gasteiger partial charge on any atom is 0.278 e. The molecule has 13 nitrogen and oxygen atoms in total. The molecule has 0 unspecified atom stereocenters. The van der Waals surface area contributed by atoms with Crippen LogP contribution in [-0.4, -0.2) is 69.0 Å². The molecular weight excluding hydrogens is 502 g/mol. The molecule has 0 aliphatic heterocycles. The quantitative estimate of drug-likeness (QED) is 0.352. The molecule has 5 aromatic rings. The smallest absolute Gasteiger partial charge is 0.278 e. The summed E-state index contributed by atoms with van der Waals surface area (Å²) in [5.74, 6) is 1.73. The molecular formula is C26H27N9O4. The first-order valence-electron chi connectivity index (χ1n) is 11.7. The fraction of sp³-hybridized carbons (Fsp3) is 0.308. The summed E-state index contributed by atoms with van der Waals surface area (Å²) in [5, 5.41) is 23.4. The summed E-state index contributed by atoms with van der Waals surface area (Å²) >= 11 is 0. The Hall–Kier alpha value is -5.12. The molecule has 2 aromatic carbocycles. The van der Waals surface area contributed by atoms with Crippen LogP contribution in [0.3, 0.4) is 0 Å². The van der Waals surface area contributed by atoms with Crippen molar-refractivity contribution in [2.75, 3.05) is 28.4 Å². The van der Waals surface area contributed by atoms with E-state index in [1.807, 2.05) is 39.8 Å². The third kappa shape index (κ3) is 4.91. The SMILES string of the molecule is COc1nc2cc(C)c(C)c(-c3nn[nH]n3)c2nc1OC.COc1nc2cc(C)c(C)c(C#N)c2nc1OC. The molecule has 0 aliphatic carbocycles. The zero-order valence-corrected chi connectivity index (χ0v) is 22.9. The number of nitrogens with zero attached hydrogens (tertiary/aromatic N) is 8. The topological polar surface area (TPSA) is 167 Å². The molecule has 200 valence electrons. The van der Waals surface area contributed by atoms with Crippen LogP contribution < -0.4 is 18.9 Å². The first-order valence-corrected chi connectivity index (χ1v) is 11.7. The van der Waals surface area contributed by atoms with Gasteiger partial charge in [0.25, 0.3) is 23.5 Å². The Bertz CT molecular complexity index is 1710. The van der Waals surface area contributed by atoms with Crippen LogP contribution >= 0.6 is 0 Å². The van der Waals surface area contributed by atoms with Crippen molar-refractivity contribution in [1.82, 2.24) is 40.6 Å². The number of aromatic nitrogens is 8. The Morgan fingerprint density at radius 3 is 1.67 bits per heavy atom. The van der Waals surface area contributed by atoms with Crippen molar-refractivity contribution in [3.63, 3.8) is 0 Å². The fourth-order valence-corrected chi connectivity index (χ4v) is 3.99. The lowest BCUT2D eigenvalue weighted by atomic mass is 10.0. The van der Waals surface area contributed by atoms with E-state index in [1.165, 1.54) is 28.4 Å². The number of aromatic amines is 1. The maximum absolute atomic E-state index is 9.24. The molecule has 5 rings (SSSR count). The highest BCUT2D eigenvalue weighted by atomic mass is 16.5. The Balaban J connectivity index is 0.000000183. The summed E-state index contributed by atoms with van der Waals surface area (Å²) in [7, 11) is 6.04. The average molecular weight is 530 g/mol. The molecule has 3 aromatic heterocycles. The minimum absolute atomic E-state index is 0.282. The summed E-state index contributed by atoms with van der Waals surface area (Å²) < 4.78 is 20.6. The number of nitriles is 1. The molecule has 39 heavy (non-hydrogen) atoms. The average Bonchev–Trinajstić information content (AvgIpc) is 3.48. The highest BCUT2D eigenvalue weighted by Gasteiger charge is 2.19. The van der Waals surface area contributed by atoms with Crippen molar-refractivity contribution in [2.24, 2.45) is 0 Å². The lowest BCUT2D eigenvalue weighted by Gasteiger charge is -2.12. The van der Waals surface area contributed by atoms with E-state index in [4.69, 9.17) is 18.9 Å². The number of fused-ring (bicyclic) bond motifs is 2. The predicted octanol–water partition coefficient (Wildman–Crippen LogP) is 3.58. The van der Waals surface area contributed by atoms with Gasteiger partial charge in [-0.25, -0.2) is 19.9 Å². The van der Waals surface area contributed by atoms with Crippen molar-refractivity contribution in [2.45, 2.75) is 27.7 Å². The van der Waals surface area contributed by atoms with E-state index < -0.39 is 0 Å². The number of nitrogens with one attached hydrogen (secondary N) is 1. The van der Waals surface area contributed by atoms with Gasteiger partial charge in [-0.05, 0) is 67.3 Å². The standard InChI is InChI=1S/C13H14N6O2.C13H13N3O2/c1-6-5-8-10(15-13(21-4)12(14-8)20-3)9(7(6)2)11-16-18-19-17-11;1-7-5-10-11(9(6-14)8(7)2)16-13(18-4)12(15-10)17-3/h5H,1-4H3,(H,16,17,18,19);5H,1-4H3. The monoisotopic (exact) mass is 529 g/mol. The van der Waals surface area contributed by atoms with Crippen molar-refractivity contribution in [1.29, 1.82) is 5.26 Å². The molecule has 0 atom stereocenters. The van der Waals surface area contributed by atoms with Gasteiger partial charge in [-0.15, -0.1) is 10.2 Å². The molecule has 1 N–H and O–H groups in total. The molecule has 0 saturated heterocycles. The van der Waals surface area contributed by atoms with Crippen LogP contribution in [0.2, 0.25) is 0 Å². The van der Waals surface area contributed by atoms with E-state index in [0.717, 1.165) is 27.8 Å². The Morgan fingerprint density at radius 2 is 1.18 bits per heavy atom. The lowest BCUT2D eigenvalue weighted by Crippen LogP contribution is -2.01. The molecule has 3 heterocycles. The molecule has 0 radical (unpaired) electrons. The minimum atomic E-state index is 0.282. The highest BCUT2D eigenvalue weighted by Crippen LogP contribution is 2.34. The second-order valence-corrected chi connectivity index (χ2v) is 8.45. The maximum atomic E-state index is 9.24. The van der Waals surface area contributed by atoms with Gasteiger partial charge >= 0.3 is 0 Å². The van der Waals surface area contributed by atoms with Crippen LogP contribution in [0.1, 0.15) is 27.8 Å². The van der Waals surface area contributed by atoms with Crippen LogP contribution in [0.4, 0.5) is 0 Å². The van der Waals surface area contributed by atoms with Gasteiger partial charge in [0.05, 0.1) is 50.6 Å². The first kappa shape index (κ1) is 26.9. The van der Waals surface area contributed by atoms with Gasteiger partial charge in [-0.1, -0.05) is 0 Å². The summed E-state index contributed by atoms with van der Waals surface area (Å²) in [5.41, 5.74) is 7.81. The molecule has 0 bridgehead atoms. The van der Waals surface area contributed by atoms with Gasteiger partial charge in [0.1, 0.15) is 17.1 Å². The number of aryl methyl sites for hydroxylation is 2. The fourth-order valence-electron chi connectivity index (χ4n) is 3.99. The Kier molecular flexibility index (Phi) is 7.66. The second kappa shape index (κ2) is 11.1. The number of methoxy groups -OCH3 is 4. The molecule has 0 spiro atoms. The number of H-pyrrole nitrogens is 1. The molecule has 0 fully saturated rings. The normalized spacial score (nSPS) is 10.5. The van der Waals surface area contributed by atoms with E-state index in [1.54, 1.807) is 0 Å². The number of tetrazole rings is 1. The van der Waals surface area contributed by atoms with Crippen LogP contribution in [0.5, 0.6) is 23.5 Å².